The summed E-state index contributed by atoms with van der Waals surface area (Å²) in [6.07, 6.45) is 9.41. The fourth-order valence-corrected chi connectivity index (χ4v) is 3.09. The van der Waals surface area contributed by atoms with Gasteiger partial charge in [-0.3, -0.25) is 9.59 Å². The standard InChI is InChI=1S/C19H36O4/c1-5-7-8-9-10-11-12-13-14-17(21)19(6-2,16(3)20)15-18(22)23-4/h16,20H,5-15H2,1-4H3. The Kier molecular flexibility index (Phi) is 12.0. The minimum Gasteiger partial charge on any atom is -0.469 e. The third-order valence-electron chi connectivity index (χ3n) is 4.93. The van der Waals surface area contributed by atoms with Gasteiger partial charge in [0.05, 0.1) is 25.0 Å². The molecule has 0 aliphatic rings. The van der Waals surface area contributed by atoms with Gasteiger partial charge in [-0.05, 0) is 19.8 Å². The lowest BCUT2D eigenvalue weighted by Gasteiger charge is -2.33. The predicted octanol–water partition coefficient (Wildman–Crippen LogP) is 4.43. The molecule has 0 aromatic heterocycles. The van der Waals surface area contributed by atoms with Crippen molar-refractivity contribution in [3.8, 4) is 0 Å². The number of aliphatic hydroxyl groups is 1. The highest BCUT2D eigenvalue weighted by atomic mass is 16.5. The van der Waals surface area contributed by atoms with Gasteiger partial charge in [0.1, 0.15) is 5.78 Å². The average Bonchev–Trinajstić information content (AvgIpc) is 2.54. The van der Waals surface area contributed by atoms with E-state index < -0.39 is 17.5 Å². The average molecular weight is 328 g/mol. The Labute approximate surface area is 142 Å². The smallest absolute Gasteiger partial charge is 0.306 e. The summed E-state index contributed by atoms with van der Waals surface area (Å²) >= 11 is 0. The first-order valence-corrected chi connectivity index (χ1v) is 9.22. The SMILES string of the molecule is CCCCCCCCCCC(=O)C(CC)(CC(=O)OC)C(C)O. The van der Waals surface area contributed by atoms with E-state index in [1.807, 2.05) is 6.92 Å². The van der Waals surface area contributed by atoms with Gasteiger partial charge in [0.15, 0.2) is 0 Å². The van der Waals surface area contributed by atoms with E-state index in [4.69, 9.17) is 4.74 Å². The second-order valence-corrected chi connectivity index (χ2v) is 6.59. The Morgan fingerprint density at radius 3 is 1.96 bits per heavy atom. The molecule has 2 unspecified atom stereocenters. The predicted molar refractivity (Wildman–Crippen MR) is 93.3 cm³/mol. The summed E-state index contributed by atoms with van der Waals surface area (Å²) in [5.41, 5.74) is -0.992. The monoisotopic (exact) mass is 328 g/mol. The highest BCUT2D eigenvalue weighted by Gasteiger charge is 2.42. The maximum atomic E-state index is 12.6. The summed E-state index contributed by atoms with van der Waals surface area (Å²) in [5, 5.41) is 10.1. The van der Waals surface area contributed by atoms with E-state index in [2.05, 4.69) is 6.92 Å². The molecular formula is C19H36O4. The number of unbranched alkanes of at least 4 members (excludes halogenated alkanes) is 7. The van der Waals surface area contributed by atoms with Crippen LogP contribution in [-0.2, 0) is 14.3 Å². The molecule has 0 heterocycles. The van der Waals surface area contributed by atoms with Crippen LogP contribution in [0.3, 0.4) is 0 Å². The van der Waals surface area contributed by atoms with E-state index in [1.54, 1.807) is 6.92 Å². The Hall–Kier alpha value is -0.900. The number of carbonyl (C=O) groups is 2. The molecule has 136 valence electrons. The van der Waals surface area contributed by atoms with Gasteiger partial charge in [-0.1, -0.05) is 58.8 Å². The number of esters is 1. The second kappa shape index (κ2) is 12.5. The summed E-state index contributed by atoms with van der Waals surface area (Å²) < 4.78 is 4.70. The van der Waals surface area contributed by atoms with Crippen molar-refractivity contribution < 1.29 is 19.4 Å². The van der Waals surface area contributed by atoms with Crippen LogP contribution in [-0.4, -0.2) is 30.1 Å². The number of ketones is 1. The van der Waals surface area contributed by atoms with Gasteiger partial charge < -0.3 is 9.84 Å². The van der Waals surface area contributed by atoms with Crippen molar-refractivity contribution in [2.24, 2.45) is 5.41 Å². The molecule has 4 heteroatoms. The van der Waals surface area contributed by atoms with Gasteiger partial charge in [-0.25, -0.2) is 0 Å². The molecule has 0 aliphatic heterocycles. The Morgan fingerprint density at radius 2 is 1.52 bits per heavy atom. The Bertz CT molecular complexity index is 338. The first kappa shape index (κ1) is 22.1. The summed E-state index contributed by atoms with van der Waals surface area (Å²) in [6.45, 7) is 5.65. The molecule has 0 saturated carbocycles. The molecule has 0 amide bonds. The van der Waals surface area contributed by atoms with Gasteiger partial charge in [0.2, 0.25) is 0 Å². The molecule has 0 radical (unpaired) electrons. The lowest BCUT2D eigenvalue weighted by molar-refractivity contribution is -0.152. The van der Waals surface area contributed by atoms with Crippen molar-refractivity contribution in [2.45, 2.75) is 97.5 Å². The van der Waals surface area contributed by atoms with E-state index in [0.29, 0.717) is 12.8 Å². The van der Waals surface area contributed by atoms with Crippen LogP contribution in [0.15, 0.2) is 0 Å². The van der Waals surface area contributed by atoms with E-state index in [0.717, 1.165) is 19.3 Å². The van der Waals surface area contributed by atoms with E-state index >= 15 is 0 Å². The highest BCUT2D eigenvalue weighted by Crippen LogP contribution is 2.34. The molecule has 0 rings (SSSR count). The number of methoxy groups -OCH3 is 1. The zero-order valence-corrected chi connectivity index (χ0v) is 15.5. The van der Waals surface area contributed by atoms with Crippen LogP contribution in [0, 0.1) is 5.41 Å². The molecule has 23 heavy (non-hydrogen) atoms. The van der Waals surface area contributed by atoms with Gasteiger partial charge >= 0.3 is 5.97 Å². The molecule has 2 atom stereocenters. The van der Waals surface area contributed by atoms with Gasteiger partial charge in [0.25, 0.3) is 0 Å². The summed E-state index contributed by atoms with van der Waals surface area (Å²) in [6, 6.07) is 0. The van der Waals surface area contributed by atoms with Crippen LogP contribution in [0.1, 0.15) is 91.4 Å². The summed E-state index contributed by atoms with van der Waals surface area (Å²) in [4.78, 5) is 24.2. The molecule has 0 aromatic rings. The number of Topliss-reactive ketones (excluding diaryl/α,β-unsaturated/α-hetero) is 1. The molecule has 0 saturated heterocycles. The van der Waals surface area contributed by atoms with Crippen molar-refractivity contribution in [3.63, 3.8) is 0 Å². The number of rotatable bonds is 14. The van der Waals surface area contributed by atoms with E-state index in [1.165, 1.54) is 39.2 Å². The van der Waals surface area contributed by atoms with Crippen molar-refractivity contribution >= 4 is 11.8 Å². The van der Waals surface area contributed by atoms with Crippen molar-refractivity contribution in [1.29, 1.82) is 0 Å². The molecule has 0 aliphatic carbocycles. The molecule has 0 fully saturated rings. The zero-order valence-electron chi connectivity index (χ0n) is 15.5. The normalized spacial score (nSPS) is 15.0. The molecule has 0 aromatic carbocycles. The summed E-state index contributed by atoms with van der Waals surface area (Å²) in [5.74, 6) is -0.441. The fourth-order valence-electron chi connectivity index (χ4n) is 3.09. The van der Waals surface area contributed by atoms with Crippen molar-refractivity contribution in [1.82, 2.24) is 0 Å². The number of carbonyl (C=O) groups excluding carboxylic acids is 2. The number of hydrogen-bond donors (Lipinski definition) is 1. The molecule has 0 bridgehead atoms. The van der Waals surface area contributed by atoms with Crippen LogP contribution in [0.2, 0.25) is 0 Å². The number of ether oxygens (including phenoxy) is 1. The Balaban J connectivity index is 4.27. The highest BCUT2D eigenvalue weighted by molar-refractivity contribution is 5.89. The second-order valence-electron chi connectivity index (χ2n) is 6.59. The lowest BCUT2D eigenvalue weighted by Crippen LogP contribution is -2.42. The first-order valence-electron chi connectivity index (χ1n) is 9.22. The minimum absolute atomic E-state index is 0.00798. The van der Waals surface area contributed by atoms with Crippen LogP contribution in [0.5, 0.6) is 0 Å². The van der Waals surface area contributed by atoms with Crippen molar-refractivity contribution in [3.05, 3.63) is 0 Å². The van der Waals surface area contributed by atoms with Gasteiger partial charge in [-0.2, -0.15) is 0 Å². The number of aliphatic hydroxyl groups excluding tert-OH is 1. The van der Waals surface area contributed by atoms with Crippen molar-refractivity contribution in [2.75, 3.05) is 7.11 Å². The maximum Gasteiger partial charge on any atom is 0.306 e. The van der Waals surface area contributed by atoms with Crippen LogP contribution in [0.25, 0.3) is 0 Å². The quantitative estimate of drug-likeness (QED) is 0.378. The van der Waals surface area contributed by atoms with Crippen LogP contribution in [0.4, 0.5) is 0 Å². The van der Waals surface area contributed by atoms with Crippen LogP contribution >= 0.6 is 0 Å². The largest absolute Gasteiger partial charge is 0.469 e. The third-order valence-corrected chi connectivity index (χ3v) is 4.93. The molecule has 1 N–H and O–H groups in total. The first-order chi connectivity index (χ1) is 10.9. The van der Waals surface area contributed by atoms with E-state index in [-0.39, 0.29) is 12.2 Å². The number of hydrogen-bond acceptors (Lipinski definition) is 4. The fraction of sp³-hybridized carbons (Fsp3) is 0.895. The minimum atomic E-state index is -0.992. The topological polar surface area (TPSA) is 63.6 Å². The third kappa shape index (κ3) is 7.96. The molecule has 4 nitrogen and oxygen atoms in total. The van der Waals surface area contributed by atoms with Crippen LogP contribution < -0.4 is 0 Å². The van der Waals surface area contributed by atoms with Gasteiger partial charge in [0, 0.05) is 6.42 Å². The summed E-state index contributed by atoms with van der Waals surface area (Å²) in [7, 11) is 1.31. The van der Waals surface area contributed by atoms with E-state index in [9.17, 15) is 14.7 Å². The zero-order chi connectivity index (χ0) is 17.7. The maximum absolute atomic E-state index is 12.6. The van der Waals surface area contributed by atoms with Gasteiger partial charge in [-0.15, -0.1) is 0 Å². The lowest BCUT2D eigenvalue weighted by atomic mass is 9.72. The molecule has 0 spiro atoms. The Morgan fingerprint density at radius 1 is 1.00 bits per heavy atom. The molecular weight excluding hydrogens is 292 g/mol.